The maximum atomic E-state index is 13.3. The van der Waals surface area contributed by atoms with Gasteiger partial charge in [0.25, 0.3) is 0 Å². The molecule has 0 amide bonds. The van der Waals surface area contributed by atoms with Crippen LogP contribution in [0.4, 0.5) is 0 Å². The Hall–Kier alpha value is -7.45. The van der Waals surface area contributed by atoms with E-state index in [1.165, 1.54) is 24.3 Å². The lowest BCUT2D eigenvalue weighted by Crippen LogP contribution is -2.14. The maximum Gasteiger partial charge on any atom is 0.343 e. The molecule has 2 unspecified atom stereocenters. The van der Waals surface area contributed by atoms with Crippen LogP contribution < -0.4 is 18.9 Å². The van der Waals surface area contributed by atoms with Gasteiger partial charge in [0.05, 0.1) is 49.7 Å². The quantitative estimate of drug-likeness (QED) is 0.00979. The van der Waals surface area contributed by atoms with Crippen molar-refractivity contribution in [3.8, 4) is 46.7 Å². The zero-order valence-corrected chi connectivity index (χ0v) is 39.6. The summed E-state index contributed by atoms with van der Waals surface area (Å²) in [5.41, 5.74) is 3.63. The Bertz CT molecular complexity index is 2560. The summed E-state index contributed by atoms with van der Waals surface area (Å²) in [5, 5.41) is 20.4. The van der Waals surface area contributed by atoms with E-state index in [1.807, 2.05) is 55.5 Å². The molecule has 0 radical (unpaired) electrons. The van der Waals surface area contributed by atoms with Crippen LogP contribution in [0.1, 0.15) is 120 Å². The van der Waals surface area contributed by atoms with Gasteiger partial charge in [0.15, 0.2) is 12.6 Å². The standard InChI is InChI=1S/C58H60O12/c1-4-7-37-68-58(63)52-42-51(69-56(61)47-27-19-43(20-28-47)15-17-45-25-33-50(34-26-45)65-39-13-10-14-41-67-55(60)6-3)35-36-53(52)70-57(62)48-29-21-44(22-30-48)16-18-46-23-31-49(32-24-46)64-38-11-8-9-12-40-66-54(59)5-2/h5-6,19-36,42,54,58-59,63H,2-4,7-14,37-41H2,1H3. The summed E-state index contributed by atoms with van der Waals surface area (Å²) in [7, 11) is 0. The van der Waals surface area contributed by atoms with Crippen molar-refractivity contribution in [2.45, 2.75) is 77.3 Å². The number of unbranched alkanes of at least 4 members (excludes halogenated alkanes) is 6. The monoisotopic (exact) mass is 948 g/mol. The van der Waals surface area contributed by atoms with Gasteiger partial charge in [-0.3, -0.25) is 0 Å². The topological polar surface area (TPSA) is 156 Å². The molecule has 0 aliphatic rings. The van der Waals surface area contributed by atoms with E-state index in [4.69, 9.17) is 33.2 Å². The van der Waals surface area contributed by atoms with E-state index < -0.39 is 30.5 Å². The molecule has 5 aromatic rings. The molecule has 0 fully saturated rings. The molecule has 2 atom stereocenters. The third-order valence-corrected chi connectivity index (χ3v) is 10.4. The first kappa shape index (κ1) is 53.5. The summed E-state index contributed by atoms with van der Waals surface area (Å²) >= 11 is 0. The molecule has 5 aromatic carbocycles. The van der Waals surface area contributed by atoms with Crippen molar-refractivity contribution in [2.24, 2.45) is 0 Å². The molecule has 0 bridgehead atoms. The number of hydrogen-bond donors (Lipinski definition) is 2. The van der Waals surface area contributed by atoms with E-state index in [-0.39, 0.29) is 34.8 Å². The summed E-state index contributed by atoms with van der Waals surface area (Å²) in [6.07, 6.45) is 7.87. The second-order valence-corrected chi connectivity index (χ2v) is 15.8. The Balaban J connectivity index is 1.11. The molecule has 70 heavy (non-hydrogen) atoms. The minimum atomic E-state index is -1.47. The largest absolute Gasteiger partial charge is 0.494 e. The average Bonchev–Trinajstić information content (AvgIpc) is 3.39. The fourth-order valence-corrected chi connectivity index (χ4v) is 6.39. The van der Waals surface area contributed by atoms with Crippen molar-refractivity contribution < 1.29 is 57.8 Å². The Kier molecular flexibility index (Phi) is 23.0. The molecule has 2 N–H and O–H groups in total. The molecule has 12 heteroatoms. The number of rotatable bonds is 27. The number of aliphatic hydroxyl groups excluding tert-OH is 2. The van der Waals surface area contributed by atoms with Gasteiger partial charge in [0, 0.05) is 28.3 Å². The van der Waals surface area contributed by atoms with Gasteiger partial charge in [-0.15, -0.1) is 0 Å². The zero-order valence-electron chi connectivity index (χ0n) is 39.6. The van der Waals surface area contributed by atoms with Crippen molar-refractivity contribution in [3.63, 3.8) is 0 Å². The normalized spacial score (nSPS) is 11.4. The molecule has 0 aliphatic carbocycles. The minimum absolute atomic E-state index is 0.0409. The van der Waals surface area contributed by atoms with Crippen molar-refractivity contribution in [1.29, 1.82) is 0 Å². The van der Waals surface area contributed by atoms with Crippen LogP contribution in [0.3, 0.4) is 0 Å². The molecule has 0 saturated carbocycles. The van der Waals surface area contributed by atoms with Gasteiger partial charge in [-0.05, 0) is 166 Å². The molecule has 364 valence electrons. The van der Waals surface area contributed by atoms with Crippen molar-refractivity contribution >= 4 is 17.9 Å². The smallest absolute Gasteiger partial charge is 0.343 e. The van der Waals surface area contributed by atoms with E-state index in [9.17, 15) is 24.6 Å². The Morgan fingerprint density at radius 3 is 1.47 bits per heavy atom. The zero-order chi connectivity index (χ0) is 49.8. The van der Waals surface area contributed by atoms with Gasteiger partial charge in [0.1, 0.15) is 23.0 Å². The average molecular weight is 949 g/mol. The molecule has 0 spiro atoms. The van der Waals surface area contributed by atoms with Crippen LogP contribution in [-0.4, -0.2) is 67.4 Å². The summed E-state index contributed by atoms with van der Waals surface area (Å²) in [6, 6.07) is 32.6. The van der Waals surface area contributed by atoms with E-state index >= 15 is 0 Å². The Labute approximate surface area is 410 Å². The van der Waals surface area contributed by atoms with Crippen molar-refractivity contribution in [3.05, 3.63) is 180 Å². The Morgan fingerprint density at radius 1 is 0.529 bits per heavy atom. The second-order valence-electron chi connectivity index (χ2n) is 15.8. The predicted molar refractivity (Wildman–Crippen MR) is 267 cm³/mol. The number of carbonyl (C=O) groups is 3. The summed E-state index contributed by atoms with van der Waals surface area (Å²) < 4.78 is 38.9. The van der Waals surface area contributed by atoms with Crippen LogP contribution in [0, 0.1) is 23.7 Å². The van der Waals surface area contributed by atoms with Gasteiger partial charge in [-0.1, -0.05) is 56.6 Å². The molecule has 0 aromatic heterocycles. The third kappa shape index (κ3) is 19.3. The van der Waals surface area contributed by atoms with E-state index in [0.29, 0.717) is 44.0 Å². The van der Waals surface area contributed by atoms with Gasteiger partial charge >= 0.3 is 17.9 Å². The SMILES string of the molecule is C=CC(=O)OCCCCCOc1ccc(C#Cc2ccc(C(=O)Oc3ccc(OC(=O)c4ccc(C#Cc5ccc(OCCCCCCOC(O)C=C)cc5)cc4)c(C(O)OCCCC)c3)cc2)cc1. The number of esters is 3. The highest BCUT2D eigenvalue weighted by Gasteiger charge is 2.20. The number of aliphatic hydroxyl groups is 2. The summed E-state index contributed by atoms with van der Waals surface area (Å²) in [5.74, 6) is 12.4. The lowest BCUT2D eigenvalue weighted by atomic mass is 10.1. The molecule has 12 nitrogen and oxygen atoms in total. The fourth-order valence-electron chi connectivity index (χ4n) is 6.39. The number of benzene rings is 5. The lowest BCUT2D eigenvalue weighted by Gasteiger charge is -2.17. The maximum absolute atomic E-state index is 13.3. The molecule has 5 rings (SSSR count). The van der Waals surface area contributed by atoms with Crippen LogP contribution in [0.5, 0.6) is 23.0 Å². The molecule has 0 aliphatic heterocycles. The van der Waals surface area contributed by atoms with Crippen LogP contribution in [-0.2, 0) is 19.0 Å². The number of ether oxygens (including phenoxy) is 7. The Morgan fingerprint density at radius 2 is 0.971 bits per heavy atom. The van der Waals surface area contributed by atoms with E-state index in [0.717, 1.165) is 80.1 Å². The van der Waals surface area contributed by atoms with E-state index in [2.05, 4.69) is 36.8 Å². The number of hydrogen-bond acceptors (Lipinski definition) is 12. The first-order valence-electron chi connectivity index (χ1n) is 23.4. The molecule has 0 saturated heterocycles. The molecular weight excluding hydrogens is 889 g/mol. The first-order valence-corrected chi connectivity index (χ1v) is 23.4. The van der Waals surface area contributed by atoms with Crippen molar-refractivity contribution in [1.82, 2.24) is 0 Å². The second kappa shape index (κ2) is 30.1. The summed E-state index contributed by atoms with van der Waals surface area (Å²) in [4.78, 5) is 37.7. The first-order chi connectivity index (χ1) is 34.1. The van der Waals surface area contributed by atoms with Crippen LogP contribution in [0.2, 0.25) is 0 Å². The highest BCUT2D eigenvalue weighted by molar-refractivity contribution is 5.92. The minimum Gasteiger partial charge on any atom is -0.494 e. The summed E-state index contributed by atoms with van der Waals surface area (Å²) in [6.45, 7) is 11.1. The van der Waals surface area contributed by atoms with Crippen LogP contribution >= 0.6 is 0 Å². The van der Waals surface area contributed by atoms with Crippen LogP contribution in [0.15, 0.2) is 141 Å². The van der Waals surface area contributed by atoms with Crippen LogP contribution in [0.25, 0.3) is 0 Å². The van der Waals surface area contributed by atoms with Gasteiger partial charge in [-0.25, -0.2) is 14.4 Å². The molecular formula is C58H60O12. The highest BCUT2D eigenvalue weighted by atomic mass is 16.6. The third-order valence-electron chi connectivity index (χ3n) is 10.4. The molecule has 0 heterocycles. The van der Waals surface area contributed by atoms with Gasteiger partial charge < -0.3 is 43.4 Å². The van der Waals surface area contributed by atoms with Crippen molar-refractivity contribution in [2.75, 3.05) is 33.0 Å². The van der Waals surface area contributed by atoms with Gasteiger partial charge in [-0.2, -0.15) is 0 Å². The highest BCUT2D eigenvalue weighted by Crippen LogP contribution is 2.32. The van der Waals surface area contributed by atoms with E-state index in [1.54, 1.807) is 48.5 Å². The lowest BCUT2D eigenvalue weighted by molar-refractivity contribution is -0.137. The fraction of sp³-hybridized carbons (Fsp3) is 0.293. The number of carbonyl (C=O) groups excluding carboxylic acids is 3. The predicted octanol–water partition coefficient (Wildman–Crippen LogP) is 10.5. The van der Waals surface area contributed by atoms with Gasteiger partial charge in [0.2, 0.25) is 0 Å².